The lowest BCUT2D eigenvalue weighted by molar-refractivity contribution is -0.918. The second kappa shape index (κ2) is 7.71. The molecule has 3 heteroatoms. The molecule has 0 spiro atoms. The summed E-state index contributed by atoms with van der Waals surface area (Å²) in [6.07, 6.45) is 0. The van der Waals surface area contributed by atoms with E-state index in [4.69, 9.17) is 5.10 Å². The van der Waals surface area contributed by atoms with Gasteiger partial charge in [0.05, 0.1) is 31.9 Å². The predicted octanol–water partition coefficient (Wildman–Crippen LogP) is 2.96. The summed E-state index contributed by atoms with van der Waals surface area (Å²) in [5.41, 5.74) is 3.76. The van der Waals surface area contributed by atoms with Crippen LogP contribution in [0.15, 0.2) is 77.9 Å². The van der Waals surface area contributed by atoms with Crippen LogP contribution in [-0.4, -0.2) is 36.9 Å². The minimum absolute atomic E-state index is 1.02. The standard InChI is InChI=1S/C23H25N3/c1-19(20-8-3-2-4-9-20)24-26-16-14-25(15-17-26)18-22-12-7-11-21-10-5-6-13-23(21)22/h2-13H,14-18H2,1H3/p+1/b24-19-. The molecule has 0 unspecified atom stereocenters. The lowest BCUT2D eigenvalue weighted by atomic mass is 10.0. The van der Waals surface area contributed by atoms with E-state index in [1.54, 1.807) is 4.90 Å². The summed E-state index contributed by atoms with van der Waals surface area (Å²) in [4.78, 5) is 1.64. The number of piperazine rings is 1. The van der Waals surface area contributed by atoms with Crippen molar-refractivity contribution in [3.05, 3.63) is 83.9 Å². The highest BCUT2D eigenvalue weighted by atomic mass is 15.5. The fourth-order valence-electron chi connectivity index (χ4n) is 3.75. The van der Waals surface area contributed by atoms with Gasteiger partial charge in [0.25, 0.3) is 0 Å². The SMILES string of the molecule is C/C(=N/N1CC[NH+](Cc2cccc3ccccc23)CC1)c1ccccc1. The molecule has 3 aromatic rings. The van der Waals surface area contributed by atoms with E-state index in [-0.39, 0.29) is 0 Å². The number of nitrogens with zero attached hydrogens (tertiary/aromatic N) is 2. The zero-order valence-electron chi connectivity index (χ0n) is 15.4. The van der Waals surface area contributed by atoms with Gasteiger partial charge < -0.3 is 4.90 Å². The van der Waals surface area contributed by atoms with Gasteiger partial charge in [0.2, 0.25) is 0 Å². The number of fused-ring (bicyclic) bond motifs is 1. The fraction of sp³-hybridized carbons (Fsp3) is 0.261. The molecule has 3 nitrogen and oxygen atoms in total. The molecule has 0 bridgehead atoms. The summed E-state index contributed by atoms with van der Waals surface area (Å²) < 4.78 is 0. The van der Waals surface area contributed by atoms with Gasteiger partial charge in [0.15, 0.2) is 0 Å². The van der Waals surface area contributed by atoms with Crippen molar-refractivity contribution in [2.24, 2.45) is 5.10 Å². The van der Waals surface area contributed by atoms with Crippen molar-refractivity contribution in [3.63, 3.8) is 0 Å². The maximum atomic E-state index is 4.83. The van der Waals surface area contributed by atoms with Crippen LogP contribution in [0.2, 0.25) is 0 Å². The predicted molar refractivity (Wildman–Crippen MR) is 109 cm³/mol. The Morgan fingerprint density at radius 2 is 1.58 bits per heavy atom. The molecule has 0 aliphatic carbocycles. The van der Waals surface area contributed by atoms with Crippen molar-refractivity contribution < 1.29 is 4.90 Å². The number of hydrazone groups is 1. The maximum absolute atomic E-state index is 4.83. The lowest BCUT2D eigenvalue weighted by Gasteiger charge is -2.31. The molecule has 0 radical (unpaired) electrons. The van der Waals surface area contributed by atoms with Crippen molar-refractivity contribution in [2.75, 3.05) is 26.2 Å². The molecule has 1 aliphatic heterocycles. The molecule has 132 valence electrons. The number of benzene rings is 3. The van der Waals surface area contributed by atoms with E-state index in [0.717, 1.165) is 38.4 Å². The molecule has 1 N–H and O–H groups in total. The van der Waals surface area contributed by atoms with Crippen LogP contribution < -0.4 is 4.90 Å². The number of hydrogen-bond acceptors (Lipinski definition) is 2. The number of nitrogens with one attached hydrogen (secondary N) is 1. The van der Waals surface area contributed by atoms with Crippen molar-refractivity contribution in [1.29, 1.82) is 0 Å². The Labute approximate surface area is 155 Å². The molecule has 3 aromatic carbocycles. The van der Waals surface area contributed by atoms with Gasteiger partial charge in [-0.05, 0) is 23.3 Å². The monoisotopic (exact) mass is 344 g/mol. The summed E-state index contributed by atoms with van der Waals surface area (Å²) in [6, 6.07) is 25.8. The van der Waals surface area contributed by atoms with E-state index in [1.165, 1.54) is 21.9 Å². The Morgan fingerprint density at radius 1 is 0.885 bits per heavy atom. The first-order valence-electron chi connectivity index (χ1n) is 9.45. The normalized spacial score (nSPS) is 16.2. The van der Waals surface area contributed by atoms with Crippen LogP contribution >= 0.6 is 0 Å². The van der Waals surface area contributed by atoms with Crippen molar-refractivity contribution in [2.45, 2.75) is 13.5 Å². The third-order valence-electron chi connectivity index (χ3n) is 5.25. The third kappa shape index (κ3) is 3.78. The minimum atomic E-state index is 1.02. The van der Waals surface area contributed by atoms with Crippen LogP contribution in [0.25, 0.3) is 10.8 Å². The van der Waals surface area contributed by atoms with Crippen LogP contribution in [0, 0.1) is 0 Å². The van der Waals surface area contributed by atoms with Gasteiger partial charge >= 0.3 is 0 Å². The molecule has 26 heavy (non-hydrogen) atoms. The second-order valence-corrected chi connectivity index (χ2v) is 7.07. The van der Waals surface area contributed by atoms with Crippen LogP contribution in [-0.2, 0) is 6.54 Å². The molecule has 0 amide bonds. The fourth-order valence-corrected chi connectivity index (χ4v) is 3.75. The minimum Gasteiger partial charge on any atom is -0.328 e. The lowest BCUT2D eigenvalue weighted by Crippen LogP contribution is -3.13. The topological polar surface area (TPSA) is 20.0 Å². The van der Waals surface area contributed by atoms with Gasteiger partial charge in [-0.15, -0.1) is 0 Å². The van der Waals surface area contributed by atoms with Crippen molar-refractivity contribution in [1.82, 2.24) is 5.01 Å². The average molecular weight is 344 g/mol. The Balaban J connectivity index is 1.39. The molecular formula is C23H26N3+. The zero-order chi connectivity index (χ0) is 17.8. The highest BCUT2D eigenvalue weighted by molar-refractivity contribution is 5.98. The van der Waals surface area contributed by atoms with Gasteiger partial charge in [-0.2, -0.15) is 5.10 Å². The van der Waals surface area contributed by atoms with E-state index in [1.807, 2.05) is 6.07 Å². The van der Waals surface area contributed by atoms with E-state index in [9.17, 15) is 0 Å². The number of quaternary nitrogens is 1. The Hall–Kier alpha value is -2.65. The summed E-state index contributed by atoms with van der Waals surface area (Å²) in [6.45, 7) is 7.50. The second-order valence-electron chi connectivity index (χ2n) is 7.07. The first kappa shape index (κ1) is 16.8. The molecule has 1 aliphatic rings. The molecular weight excluding hydrogens is 318 g/mol. The summed E-state index contributed by atoms with van der Waals surface area (Å²) in [7, 11) is 0. The quantitative estimate of drug-likeness (QED) is 0.722. The van der Waals surface area contributed by atoms with Crippen LogP contribution in [0.4, 0.5) is 0 Å². The van der Waals surface area contributed by atoms with E-state index < -0.39 is 0 Å². The summed E-state index contributed by atoms with van der Waals surface area (Å²) >= 11 is 0. The molecule has 0 saturated carbocycles. The highest BCUT2D eigenvalue weighted by Gasteiger charge is 2.20. The van der Waals surface area contributed by atoms with E-state index in [0.29, 0.717) is 0 Å². The molecule has 1 heterocycles. The maximum Gasteiger partial charge on any atom is 0.104 e. The Morgan fingerprint density at radius 3 is 2.38 bits per heavy atom. The van der Waals surface area contributed by atoms with Crippen LogP contribution in [0.3, 0.4) is 0 Å². The van der Waals surface area contributed by atoms with Crippen molar-refractivity contribution in [3.8, 4) is 0 Å². The zero-order valence-corrected chi connectivity index (χ0v) is 15.4. The first-order chi connectivity index (χ1) is 12.8. The van der Waals surface area contributed by atoms with Crippen LogP contribution in [0.1, 0.15) is 18.1 Å². The Bertz CT molecular complexity index is 888. The van der Waals surface area contributed by atoms with Crippen LogP contribution in [0.5, 0.6) is 0 Å². The van der Waals surface area contributed by atoms with E-state index >= 15 is 0 Å². The summed E-state index contributed by atoms with van der Waals surface area (Å²) in [5, 5.41) is 9.80. The van der Waals surface area contributed by atoms with Gasteiger partial charge in [0.1, 0.15) is 6.54 Å². The molecule has 1 fully saturated rings. The Kier molecular flexibility index (Phi) is 4.98. The number of hydrogen-bond donors (Lipinski definition) is 1. The van der Waals surface area contributed by atoms with Crippen molar-refractivity contribution >= 4 is 16.5 Å². The smallest absolute Gasteiger partial charge is 0.104 e. The largest absolute Gasteiger partial charge is 0.328 e. The highest BCUT2D eigenvalue weighted by Crippen LogP contribution is 2.17. The van der Waals surface area contributed by atoms with Gasteiger partial charge in [-0.3, -0.25) is 5.01 Å². The van der Waals surface area contributed by atoms with E-state index in [2.05, 4.69) is 78.7 Å². The third-order valence-corrected chi connectivity index (χ3v) is 5.25. The molecule has 0 aromatic heterocycles. The molecule has 0 atom stereocenters. The first-order valence-corrected chi connectivity index (χ1v) is 9.45. The molecule has 4 rings (SSSR count). The van der Waals surface area contributed by atoms with Gasteiger partial charge in [-0.1, -0.05) is 72.8 Å². The summed E-state index contributed by atoms with van der Waals surface area (Å²) in [5.74, 6) is 0. The van der Waals surface area contributed by atoms with Gasteiger partial charge in [-0.25, -0.2) is 0 Å². The average Bonchev–Trinajstić information content (AvgIpc) is 2.70. The molecule has 1 saturated heterocycles. The number of rotatable bonds is 4. The van der Waals surface area contributed by atoms with Gasteiger partial charge in [0, 0.05) is 5.56 Å².